The molecule has 1 aliphatic carbocycles. The molecule has 0 amide bonds. The van der Waals surface area contributed by atoms with Crippen LogP contribution in [0.2, 0.25) is 0 Å². The van der Waals surface area contributed by atoms with E-state index in [2.05, 4.69) is 12.2 Å². The fourth-order valence-corrected chi connectivity index (χ4v) is 1.98. The van der Waals surface area contributed by atoms with E-state index in [1.165, 1.54) is 38.6 Å². The normalized spacial score (nSPS) is 27.5. The van der Waals surface area contributed by atoms with Gasteiger partial charge in [0.05, 0.1) is 0 Å². The molecule has 0 aromatic carbocycles. The molecule has 1 saturated carbocycles. The van der Waals surface area contributed by atoms with Gasteiger partial charge in [0, 0.05) is 18.8 Å². The molecule has 0 unspecified atom stereocenters. The molecule has 2 aliphatic rings. The summed E-state index contributed by atoms with van der Waals surface area (Å²) in [6.45, 7) is 5.42. The highest BCUT2D eigenvalue weighted by atomic mass is 16.5. The van der Waals surface area contributed by atoms with Crippen molar-refractivity contribution in [1.29, 1.82) is 0 Å². The van der Waals surface area contributed by atoms with Crippen molar-refractivity contribution in [3.63, 3.8) is 0 Å². The first-order valence-electron chi connectivity index (χ1n) is 5.61. The van der Waals surface area contributed by atoms with Gasteiger partial charge in [-0.25, -0.2) is 0 Å². The van der Waals surface area contributed by atoms with Crippen LogP contribution in [0.3, 0.4) is 0 Å². The average Bonchev–Trinajstić information content (AvgIpc) is 2.89. The standard InChI is InChI=1S/C11H21NO/c1-11(5-8-13-9-6-11)12-7-4-10-2-3-10/h10,12H,2-9H2,1H3. The summed E-state index contributed by atoms with van der Waals surface area (Å²) in [7, 11) is 0. The third kappa shape index (κ3) is 2.96. The Balaban J connectivity index is 1.64. The van der Waals surface area contributed by atoms with Crippen molar-refractivity contribution in [2.75, 3.05) is 19.8 Å². The van der Waals surface area contributed by atoms with Gasteiger partial charge < -0.3 is 10.1 Å². The van der Waals surface area contributed by atoms with Gasteiger partial charge >= 0.3 is 0 Å². The fraction of sp³-hybridized carbons (Fsp3) is 1.00. The maximum atomic E-state index is 5.36. The topological polar surface area (TPSA) is 21.3 Å². The van der Waals surface area contributed by atoms with Crippen LogP contribution in [0.15, 0.2) is 0 Å². The van der Waals surface area contributed by atoms with E-state index in [4.69, 9.17) is 4.74 Å². The Kier molecular flexibility index (Phi) is 2.89. The van der Waals surface area contributed by atoms with Gasteiger partial charge in [-0.1, -0.05) is 12.8 Å². The molecule has 1 aliphatic heterocycles. The maximum Gasteiger partial charge on any atom is 0.0483 e. The fourth-order valence-electron chi connectivity index (χ4n) is 1.98. The molecule has 1 heterocycles. The molecule has 0 spiro atoms. The van der Waals surface area contributed by atoms with Crippen LogP contribution in [0.5, 0.6) is 0 Å². The molecule has 1 N–H and O–H groups in total. The molecule has 0 aromatic heterocycles. The van der Waals surface area contributed by atoms with Crippen LogP contribution < -0.4 is 5.32 Å². The van der Waals surface area contributed by atoms with Crippen LogP contribution in [0.1, 0.15) is 39.0 Å². The molecule has 0 atom stereocenters. The third-order valence-corrected chi connectivity index (χ3v) is 3.40. The highest BCUT2D eigenvalue weighted by Crippen LogP contribution is 2.32. The zero-order chi connectivity index (χ0) is 9.15. The summed E-state index contributed by atoms with van der Waals surface area (Å²) in [5.74, 6) is 1.05. The monoisotopic (exact) mass is 183 g/mol. The molecule has 13 heavy (non-hydrogen) atoms. The van der Waals surface area contributed by atoms with Gasteiger partial charge in [0.15, 0.2) is 0 Å². The predicted molar refractivity (Wildman–Crippen MR) is 53.8 cm³/mol. The number of nitrogens with one attached hydrogen (secondary N) is 1. The lowest BCUT2D eigenvalue weighted by atomic mass is 9.92. The van der Waals surface area contributed by atoms with Crippen molar-refractivity contribution in [1.82, 2.24) is 5.32 Å². The second-order valence-corrected chi connectivity index (χ2v) is 4.83. The van der Waals surface area contributed by atoms with E-state index in [0.717, 1.165) is 19.1 Å². The largest absolute Gasteiger partial charge is 0.381 e. The van der Waals surface area contributed by atoms with Crippen LogP contribution >= 0.6 is 0 Å². The lowest BCUT2D eigenvalue weighted by molar-refractivity contribution is 0.0452. The molecular formula is C11H21NO. The van der Waals surface area contributed by atoms with Crippen LogP contribution in [0.25, 0.3) is 0 Å². The minimum atomic E-state index is 0.368. The second kappa shape index (κ2) is 3.97. The Morgan fingerprint density at radius 1 is 1.31 bits per heavy atom. The first-order chi connectivity index (χ1) is 6.29. The minimum Gasteiger partial charge on any atom is -0.381 e. The van der Waals surface area contributed by atoms with Gasteiger partial charge in [0.2, 0.25) is 0 Å². The number of hydrogen-bond acceptors (Lipinski definition) is 2. The number of rotatable bonds is 4. The molecule has 76 valence electrons. The summed E-state index contributed by atoms with van der Waals surface area (Å²) in [5.41, 5.74) is 0.368. The Morgan fingerprint density at radius 2 is 2.00 bits per heavy atom. The number of hydrogen-bond donors (Lipinski definition) is 1. The molecule has 2 nitrogen and oxygen atoms in total. The van der Waals surface area contributed by atoms with E-state index in [-0.39, 0.29) is 0 Å². The van der Waals surface area contributed by atoms with Gasteiger partial charge in [0.25, 0.3) is 0 Å². The number of ether oxygens (including phenoxy) is 1. The van der Waals surface area contributed by atoms with Crippen LogP contribution in [0, 0.1) is 5.92 Å². The van der Waals surface area contributed by atoms with Crippen LogP contribution in [0.4, 0.5) is 0 Å². The Morgan fingerprint density at radius 3 is 2.62 bits per heavy atom. The summed E-state index contributed by atoms with van der Waals surface area (Å²) in [6, 6.07) is 0. The lowest BCUT2D eigenvalue weighted by Gasteiger charge is -2.34. The van der Waals surface area contributed by atoms with Gasteiger partial charge in [0.1, 0.15) is 0 Å². The SMILES string of the molecule is CC1(NCCC2CC2)CCOCC1. The first-order valence-corrected chi connectivity index (χ1v) is 5.61. The Labute approximate surface area is 81.0 Å². The third-order valence-electron chi connectivity index (χ3n) is 3.40. The first kappa shape index (κ1) is 9.47. The summed E-state index contributed by atoms with van der Waals surface area (Å²) >= 11 is 0. The second-order valence-electron chi connectivity index (χ2n) is 4.83. The maximum absolute atomic E-state index is 5.36. The van der Waals surface area contributed by atoms with E-state index < -0.39 is 0 Å². The van der Waals surface area contributed by atoms with Gasteiger partial charge in [-0.2, -0.15) is 0 Å². The van der Waals surface area contributed by atoms with Crippen molar-refractivity contribution in [2.45, 2.75) is 44.6 Å². The summed E-state index contributed by atoms with van der Waals surface area (Å²) < 4.78 is 5.36. The van der Waals surface area contributed by atoms with Crippen molar-refractivity contribution in [3.05, 3.63) is 0 Å². The molecule has 1 saturated heterocycles. The molecule has 0 bridgehead atoms. The molecule has 2 heteroatoms. The molecular weight excluding hydrogens is 162 g/mol. The van der Waals surface area contributed by atoms with Gasteiger partial charge in [-0.3, -0.25) is 0 Å². The van der Waals surface area contributed by atoms with Crippen molar-refractivity contribution in [3.8, 4) is 0 Å². The summed E-state index contributed by atoms with van der Waals surface area (Å²) in [4.78, 5) is 0. The Bertz CT molecular complexity index is 159. The van der Waals surface area contributed by atoms with Crippen molar-refractivity contribution < 1.29 is 4.74 Å². The van der Waals surface area contributed by atoms with E-state index >= 15 is 0 Å². The minimum absolute atomic E-state index is 0.368. The smallest absolute Gasteiger partial charge is 0.0483 e. The van der Waals surface area contributed by atoms with Crippen LogP contribution in [-0.2, 0) is 4.74 Å². The predicted octanol–water partition coefficient (Wildman–Crippen LogP) is 1.95. The van der Waals surface area contributed by atoms with Gasteiger partial charge in [-0.05, 0) is 38.6 Å². The quantitative estimate of drug-likeness (QED) is 0.719. The highest BCUT2D eigenvalue weighted by Gasteiger charge is 2.27. The molecule has 2 fully saturated rings. The van der Waals surface area contributed by atoms with E-state index in [1.807, 2.05) is 0 Å². The van der Waals surface area contributed by atoms with Gasteiger partial charge in [-0.15, -0.1) is 0 Å². The molecule has 0 aromatic rings. The zero-order valence-electron chi connectivity index (χ0n) is 8.64. The van der Waals surface area contributed by atoms with E-state index in [1.54, 1.807) is 0 Å². The van der Waals surface area contributed by atoms with Crippen molar-refractivity contribution >= 4 is 0 Å². The average molecular weight is 183 g/mol. The van der Waals surface area contributed by atoms with Crippen LogP contribution in [-0.4, -0.2) is 25.3 Å². The summed E-state index contributed by atoms with van der Waals surface area (Å²) in [5, 5.41) is 3.69. The van der Waals surface area contributed by atoms with E-state index in [9.17, 15) is 0 Å². The van der Waals surface area contributed by atoms with Crippen molar-refractivity contribution in [2.24, 2.45) is 5.92 Å². The highest BCUT2D eigenvalue weighted by molar-refractivity contribution is 4.86. The summed E-state index contributed by atoms with van der Waals surface area (Å²) in [6.07, 6.45) is 6.69. The molecule has 0 radical (unpaired) electrons. The lowest BCUT2D eigenvalue weighted by Crippen LogP contribution is -2.47. The van der Waals surface area contributed by atoms with E-state index in [0.29, 0.717) is 5.54 Å². The Hall–Kier alpha value is -0.0800. The zero-order valence-corrected chi connectivity index (χ0v) is 8.64. The molecule has 2 rings (SSSR count).